The lowest BCUT2D eigenvalue weighted by molar-refractivity contribution is -0.179. The van der Waals surface area contributed by atoms with Crippen LogP contribution in [0, 0.1) is 5.82 Å². The van der Waals surface area contributed by atoms with E-state index in [9.17, 15) is 19.7 Å². The van der Waals surface area contributed by atoms with Gasteiger partial charge >= 0.3 is 0 Å². The summed E-state index contributed by atoms with van der Waals surface area (Å²) >= 11 is 6.28. The van der Waals surface area contributed by atoms with E-state index in [-0.39, 0.29) is 19.4 Å². The Bertz CT molecular complexity index is 800. The SMILES string of the molecule is COc1ccc(Cc2cc(C3OC(CO)CC(O)C3O)ccc2Cl)c(F)c1. The van der Waals surface area contributed by atoms with Gasteiger partial charge in [-0.05, 0) is 28.8 Å². The van der Waals surface area contributed by atoms with Crippen LogP contribution in [0.4, 0.5) is 4.39 Å². The minimum absolute atomic E-state index is 0.158. The molecule has 0 saturated carbocycles. The molecule has 146 valence electrons. The van der Waals surface area contributed by atoms with Crippen molar-refractivity contribution in [3.63, 3.8) is 0 Å². The summed E-state index contributed by atoms with van der Waals surface area (Å²) < 4.78 is 25.0. The van der Waals surface area contributed by atoms with Gasteiger partial charge in [0, 0.05) is 23.9 Å². The molecule has 0 amide bonds. The Morgan fingerprint density at radius 3 is 2.63 bits per heavy atom. The topological polar surface area (TPSA) is 79.2 Å². The summed E-state index contributed by atoms with van der Waals surface area (Å²) in [6.45, 7) is -0.252. The monoisotopic (exact) mass is 396 g/mol. The molecule has 0 radical (unpaired) electrons. The summed E-state index contributed by atoms with van der Waals surface area (Å²) in [5.41, 5.74) is 1.72. The summed E-state index contributed by atoms with van der Waals surface area (Å²) in [7, 11) is 1.47. The third-order valence-electron chi connectivity index (χ3n) is 4.79. The van der Waals surface area contributed by atoms with Crippen LogP contribution < -0.4 is 4.74 Å². The molecule has 2 aromatic rings. The number of aliphatic hydroxyl groups is 3. The number of methoxy groups -OCH3 is 1. The maximum absolute atomic E-state index is 14.3. The molecular weight excluding hydrogens is 375 g/mol. The second kappa shape index (κ2) is 8.54. The first-order chi connectivity index (χ1) is 12.9. The maximum atomic E-state index is 14.3. The molecule has 4 atom stereocenters. The summed E-state index contributed by atoms with van der Waals surface area (Å²) in [5.74, 6) is 0.0272. The summed E-state index contributed by atoms with van der Waals surface area (Å²) in [5, 5.41) is 30.1. The lowest BCUT2D eigenvalue weighted by Crippen LogP contribution is -2.44. The van der Waals surface area contributed by atoms with Crippen LogP contribution in [0.15, 0.2) is 36.4 Å². The highest BCUT2D eigenvalue weighted by molar-refractivity contribution is 6.31. The van der Waals surface area contributed by atoms with Crippen molar-refractivity contribution < 1.29 is 29.2 Å². The number of rotatable bonds is 5. The van der Waals surface area contributed by atoms with Crippen molar-refractivity contribution in [2.75, 3.05) is 13.7 Å². The number of halogens is 2. The maximum Gasteiger partial charge on any atom is 0.130 e. The van der Waals surface area contributed by atoms with Gasteiger partial charge in [-0.2, -0.15) is 0 Å². The lowest BCUT2D eigenvalue weighted by Gasteiger charge is -2.37. The van der Waals surface area contributed by atoms with Crippen molar-refractivity contribution in [3.8, 4) is 5.75 Å². The van der Waals surface area contributed by atoms with Crippen LogP contribution in [0.3, 0.4) is 0 Å². The highest BCUT2D eigenvalue weighted by Crippen LogP contribution is 2.34. The molecule has 5 nitrogen and oxygen atoms in total. The molecule has 27 heavy (non-hydrogen) atoms. The van der Waals surface area contributed by atoms with Gasteiger partial charge in [-0.1, -0.05) is 29.8 Å². The Balaban J connectivity index is 1.88. The highest BCUT2D eigenvalue weighted by Gasteiger charge is 2.37. The normalized spacial score (nSPS) is 25.4. The molecule has 1 fully saturated rings. The van der Waals surface area contributed by atoms with E-state index < -0.39 is 30.2 Å². The second-order valence-corrected chi connectivity index (χ2v) is 7.05. The van der Waals surface area contributed by atoms with Gasteiger partial charge in [-0.3, -0.25) is 0 Å². The van der Waals surface area contributed by atoms with Gasteiger partial charge in [0.2, 0.25) is 0 Å². The molecule has 1 aliphatic heterocycles. The van der Waals surface area contributed by atoms with E-state index >= 15 is 0 Å². The van der Waals surface area contributed by atoms with E-state index in [0.29, 0.717) is 27.5 Å². The zero-order valence-corrected chi connectivity index (χ0v) is 15.6. The highest BCUT2D eigenvalue weighted by atomic mass is 35.5. The molecule has 3 N–H and O–H groups in total. The fourth-order valence-corrected chi connectivity index (χ4v) is 3.44. The standard InChI is InChI=1S/C20H22ClFO5/c1-26-14-4-2-11(17(22)8-14)6-13-7-12(3-5-16(13)21)20-19(25)18(24)9-15(10-23)27-20/h2-5,7-8,15,18-20,23-25H,6,9-10H2,1H3. The molecule has 7 heteroatoms. The quantitative estimate of drug-likeness (QED) is 0.724. The predicted molar refractivity (Wildman–Crippen MR) is 98.5 cm³/mol. The van der Waals surface area contributed by atoms with Gasteiger partial charge < -0.3 is 24.8 Å². The van der Waals surface area contributed by atoms with E-state index in [1.54, 1.807) is 30.3 Å². The van der Waals surface area contributed by atoms with Crippen LogP contribution in [-0.2, 0) is 11.2 Å². The average molecular weight is 397 g/mol. The first-order valence-corrected chi connectivity index (χ1v) is 9.04. The van der Waals surface area contributed by atoms with Crippen LogP contribution >= 0.6 is 11.6 Å². The first kappa shape index (κ1) is 20.0. The summed E-state index contributed by atoms with van der Waals surface area (Å²) in [6.07, 6.45) is -3.09. The van der Waals surface area contributed by atoms with Crippen molar-refractivity contribution in [1.82, 2.24) is 0 Å². The Labute approximate surface area is 161 Å². The number of ether oxygens (including phenoxy) is 2. The fourth-order valence-electron chi connectivity index (χ4n) is 3.26. The van der Waals surface area contributed by atoms with Crippen molar-refractivity contribution in [1.29, 1.82) is 0 Å². The summed E-state index contributed by atoms with van der Waals surface area (Å²) in [4.78, 5) is 0. The molecule has 3 rings (SSSR count). The smallest absolute Gasteiger partial charge is 0.130 e. The van der Waals surface area contributed by atoms with Gasteiger partial charge in [-0.15, -0.1) is 0 Å². The Morgan fingerprint density at radius 1 is 1.19 bits per heavy atom. The number of benzene rings is 2. The predicted octanol–water partition coefficient (Wildman–Crippen LogP) is 2.62. The third-order valence-corrected chi connectivity index (χ3v) is 5.16. The van der Waals surface area contributed by atoms with E-state index in [4.69, 9.17) is 21.1 Å². The third kappa shape index (κ3) is 4.42. The summed E-state index contributed by atoms with van der Waals surface area (Å²) in [6, 6.07) is 9.69. The van der Waals surface area contributed by atoms with Gasteiger partial charge in [0.25, 0.3) is 0 Å². The average Bonchev–Trinajstić information content (AvgIpc) is 2.67. The van der Waals surface area contributed by atoms with Crippen molar-refractivity contribution in [3.05, 3.63) is 63.9 Å². The van der Waals surface area contributed by atoms with E-state index in [2.05, 4.69) is 0 Å². The molecule has 1 heterocycles. The van der Waals surface area contributed by atoms with Crippen LogP contribution in [-0.4, -0.2) is 47.3 Å². The van der Waals surface area contributed by atoms with E-state index in [0.717, 1.165) is 0 Å². The molecule has 1 aliphatic rings. The van der Waals surface area contributed by atoms with Crippen LogP contribution in [0.2, 0.25) is 5.02 Å². The number of hydrogen-bond acceptors (Lipinski definition) is 5. The Kier molecular flexibility index (Phi) is 6.34. The van der Waals surface area contributed by atoms with Crippen molar-refractivity contribution >= 4 is 11.6 Å². The second-order valence-electron chi connectivity index (χ2n) is 6.64. The first-order valence-electron chi connectivity index (χ1n) is 8.66. The zero-order valence-electron chi connectivity index (χ0n) is 14.8. The Hall–Kier alpha value is -1.70. The van der Waals surface area contributed by atoms with Crippen molar-refractivity contribution in [2.45, 2.75) is 37.3 Å². The molecule has 2 aromatic carbocycles. The number of aliphatic hydroxyl groups excluding tert-OH is 3. The minimum Gasteiger partial charge on any atom is -0.497 e. The molecule has 1 saturated heterocycles. The lowest BCUT2D eigenvalue weighted by atomic mass is 9.91. The van der Waals surface area contributed by atoms with Gasteiger partial charge in [0.1, 0.15) is 23.8 Å². The molecular formula is C20H22ClFO5. The van der Waals surface area contributed by atoms with Crippen molar-refractivity contribution in [2.24, 2.45) is 0 Å². The van der Waals surface area contributed by atoms with Crippen LogP contribution in [0.5, 0.6) is 5.75 Å². The van der Waals surface area contributed by atoms with E-state index in [1.165, 1.54) is 13.2 Å². The molecule has 0 aliphatic carbocycles. The minimum atomic E-state index is -1.13. The van der Waals surface area contributed by atoms with Crippen LogP contribution in [0.1, 0.15) is 29.2 Å². The van der Waals surface area contributed by atoms with Gasteiger partial charge in [0.15, 0.2) is 0 Å². The fraction of sp³-hybridized carbons (Fsp3) is 0.400. The molecule has 0 spiro atoms. The largest absolute Gasteiger partial charge is 0.497 e. The zero-order chi connectivity index (χ0) is 19.6. The molecule has 4 unspecified atom stereocenters. The number of hydrogen-bond donors (Lipinski definition) is 3. The molecule has 0 bridgehead atoms. The van der Waals surface area contributed by atoms with Gasteiger partial charge in [-0.25, -0.2) is 4.39 Å². The Morgan fingerprint density at radius 2 is 1.96 bits per heavy atom. The van der Waals surface area contributed by atoms with Crippen LogP contribution in [0.25, 0.3) is 0 Å². The van der Waals surface area contributed by atoms with E-state index in [1.807, 2.05) is 0 Å². The molecule has 0 aromatic heterocycles. The van der Waals surface area contributed by atoms with Gasteiger partial charge in [0.05, 0.1) is 25.9 Å².